The van der Waals surface area contributed by atoms with Gasteiger partial charge in [0.05, 0.1) is 12.9 Å². The summed E-state index contributed by atoms with van der Waals surface area (Å²) >= 11 is 0. The number of nitrogens with zero attached hydrogens (tertiary/aromatic N) is 1. The first-order valence-electron chi connectivity index (χ1n) is 8.71. The maximum absolute atomic E-state index is 14.4. The van der Waals surface area contributed by atoms with Crippen LogP contribution in [0.5, 0.6) is 5.75 Å². The number of halogens is 1. The fourth-order valence-corrected chi connectivity index (χ4v) is 4.06. The van der Waals surface area contributed by atoms with E-state index in [1.54, 1.807) is 6.07 Å². The highest BCUT2D eigenvalue weighted by atomic mass is 32.2. The van der Waals surface area contributed by atoms with Crippen LogP contribution in [-0.4, -0.2) is 51.8 Å². The fraction of sp³-hybridized carbons (Fsp3) is 0.556. The molecule has 2 aliphatic rings. The molecular formula is C18H25FN2O3S. The number of ether oxygens (including phenoxy) is 1. The SMILES string of the molecule is CS(=O)(=O)N1CC=C(c2ccc(OCC3CCNCC3)c(F)c2)CC1. The largest absolute Gasteiger partial charge is 0.490 e. The van der Waals surface area contributed by atoms with E-state index in [4.69, 9.17) is 4.74 Å². The summed E-state index contributed by atoms with van der Waals surface area (Å²) in [5.41, 5.74) is 1.77. The number of nitrogens with one attached hydrogen (secondary N) is 1. The van der Waals surface area contributed by atoms with E-state index in [1.807, 2.05) is 12.1 Å². The molecule has 0 aromatic heterocycles. The minimum Gasteiger partial charge on any atom is -0.490 e. The van der Waals surface area contributed by atoms with E-state index >= 15 is 0 Å². The van der Waals surface area contributed by atoms with Crippen LogP contribution in [0, 0.1) is 11.7 Å². The molecule has 0 unspecified atom stereocenters. The maximum Gasteiger partial charge on any atom is 0.211 e. The zero-order chi connectivity index (χ0) is 17.9. The van der Waals surface area contributed by atoms with Crippen molar-refractivity contribution in [2.24, 2.45) is 5.92 Å². The molecule has 0 radical (unpaired) electrons. The minimum atomic E-state index is -3.17. The second-order valence-electron chi connectivity index (χ2n) is 6.75. The van der Waals surface area contributed by atoms with Gasteiger partial charge in [0.1, 0.15) is 0 Å². The number of rotatable bonds is 5. The van der Waals surface area contributed by atoms with Gasteiger partial charge in [-0.3, -0.25) is 0 Å². The first-order chi connectivity index (χ1) is 11.9. The van der Waals surface area contributed by atoms with Gasteiger partial charge in [-0.05, 0) is 61.5 Å². The Hall–Kier alpha value is -1.44. The summed E-state index contributed by atoms with van der Waals surface area (Å²) < 4.78 is 44.5. The fourth-order valence-electron chi connectivity index (χ4n) is 3.29. The molecular weight excluding hydrogens is 343 g/mol. The summed E-state index contributed by atoms with van der Waals surface area (Å²) in [5.74, 6) is 0.401. The zero-order valence-corrected chi connectivity index (χ0v) is 15.3. The average molecular weight is 368 g/mol. The Morgan fingerprint density at radius 3 is 2.68 bits per heavy atom. The topological polar surface area (TPSA) is 58.6 Å². The van der Waals surface area contributed by atoms with Crippen molar-refractivity contribution < 1.29 is 17.5 Å². The molecule has 0 spiro atoms. The van der Waals surface area contributed by atoms with Crippen LogP contribution in [0.2, 0.25) is 0 Å². The first-order valence-corrected chi connectivity index (χ1v) is 10.6. The van der Waals surface area contributed by atoms with Gasteiger partial charge in [-0.25, -0.2) is 12.8 Å². The van der Waals surface area contributed by atoms with Crippen molar-refractivity contribution >= 4 is 15.6 Å². The van der Waals surface area contributed by atoms with Crippen molar-refractivity contribution in [1.82, 2.24) is 9.62 Å². The minimum absolute atomic E-state index is 0.288. The molecule has 0 amide bonds. The number of sulfonamides is 1. The van der Waals surface area contributed by atoms with E-state index in [1.165, 1.54) is 16.6 Å². The molecule has 1 fully saturated rings. The van der Waals surface area contributed by atoms with Crippen molar-refractivity contribution in [2.45, 2.75) is 19.3 Å². The third-order valence-electron chi connectivity index (χ3n) is 4.88. The predicted octanol–water partition coefficient (Wildman–Crippen LogP) is 2.25. The summed E-state index contributed by atoms with van der Waals surface area (Å²) in [5, 5.41) is 3.30. The van der Waals surface area contributed by atoms with E-state index in [0.717, 1.165) is 37.1 Å². The molecule has 1 saturated heterocycles. The third-order valence-corrected chi connectivity index (χ3v) is 6.15. The van der Waals surface area contributed by atoms with Crippen LogP contribution in [0.15, 0.2) is 24.3 Å². The van der Waals surface area contributed by atoms with E-state index in [-0.39, 0.29) is 11.6 Å². The van der Waals surface area contributed by atoms with Crippen LogP contribution in [0.25, 0.3) is 5.57 Å². The molecule has 1 aromatic carbocycles. The van der Waals surface area contributed by atoms with Crippen LogP contribution < -0.4 is 10.1 Å². The number of hydrogen-bond acceptors (Lipinski definition) is 4. The zero-order valence-electron chi connectivity index (χ0n) is 14.5. The molecule has 0 atom stereocenters. The molecule has 2 heterocycles. The smallest absolute Gasteiger partial charge is 0.211 e. The van der Waals surface area contributed by atoms with Gasteiger partial charge in [0, 0.05) is 13.1 Å². The van der Waals surface area contributed by atoms with Gasteiger partial charge in [-0.1, -0.05) is 12.1 Å². The van der Waals surface area contributed by atoms with E-state index in [9.17, 15) is 12.8 Å². The van der Waals surface area contributed by atoms with E-state index in [0.29, 0.717) is 32.0 Å². The molecule has 0 aliphatic carbocycles. The van der Waals surface area contributed by atoms with Gasteiger partial charge >= 0.3 is 0 Å². The van der Waals surface area contributed by atoms with Crippen LogP contribution in [-0.2, 0) is 10.0 Å². The lowest BCUT2D eigenvalue weighted by Gasteiger charge is -2.24. The van der Waals surface area contributed by atoms with Crippen LogP contribution in [0.3, 0.4) is 0 Å². The molecule has 7 heteroatoms. The van der Waals surface area contributed by atoms with Crippen LogP contribution >= 0.6 is 0 Å². The lowest BCUT2D eigenvalue weighted by Crippen LogP contribution is -2.33. The molecule has 1 aromatic rings. The Balaban J connectivity index is 1.63. The van der Waals surface area contributed by atoms with Gasteiger partial charge in [0.15, 0.2) is 11.6 Å². The maximum atomic E-state index is 14.4. The molecule has 1 N–H and O–H groups in total. The second kappa shape index (κ2) is 7.85. The Morgan fingerprint density at radius 2 is 2.08 bits per heavy atom. The average Bonchev–Trinajstić information content (AvgIpc) is 2.61. The number of benzene rings is 1. The van der Waals surface area contributed by atoms with Gasteiger partial charge in [-0.15, -0.1) is 0 Å². The van der Waals surface area contributed by atoms with Crippen molar-refractivity contribution in [3.63, 3.8) is 0 Å². The first kappa shape index (κ1) is 18.4. The Labute approximate surface area is 148 Å². The van der Waals surface area contributed by atoms with Gasteiger partial charge in [-0.2, -0.15) is 4.31 Å². The molecule has 138 valence electrons. The Kier molecular flexibility index (Phi) is 5.76. The molecule has 5 nitrogen and oxygen atoms in total. The van der Waals surface area contributed by atoms with Gasteiger partial charge in [0.2, 0.25) is 10.0 Å². The monoisotopic (exact) mass is 368 g/mol. The summed E-state index contributed by atoms with van der Waals surface area (Å²) in [7, 11) is -3.17. The number of hydrogen-bond donors (Lipinski definition) is 1. The predicted molar refractivity (Wildman–Crippen MR) is 96.5 cm³/mol. The molecule has 25 heavy (non-hydrogen) atoms. The number of piperidine rings is 1. The van der Waals surface area contributed by atoms with E-state index < -0.39 is 10.0 Å². The molecule has 2 aliphatic heterocycles. The standard InChI is InChI=1S/C18H25FN2O3S/c1-25(22,23)21-10-6-15(7-11-21)16-2-3-18(17(19)12-16)24-13-14-4-8-20-9-5-14/h2-3,6,12,14,20H,4-5,7-11,13H2,1H3. The molecule has 0 bridgehead atoms. The highest BCUT2D eigenvalue weighted by Gasteiger charge is 2.21. The summed E-state index contributed by atoms with van der Waals surface area (Å²) in [4.78, 5) is 0. The lowest BCUT2D eigenvalue weighted by atomic mass is 9.99. The summed E-state index contributed by atoms with van der Waals surface area (Å²) in [6.45, 7) is 3.30. The second-order valence-corrected chi connectivity index (χ2v) is 8.73. The lowest BCUT2D eigenvalue weighted by molar-refractivity contribution is 0.208. The Morgan fingerprint density at radius 1 is 1.32 bits per heavy atom. The summed E-state index contributed by atoms with van der Waals surface area (Å²) in [6, 6.07) is 5.01. The van der Waals surface area contributed by atoms with Crippen molar-refractivity contribution in [3.8, 4) is 5.75 Å². The molecule has 3 rings (SSSR count). The van der Waals surface area contributed by atoms with Gasteiger partial charge in [0.25, 0.3) is 0 Å². The highest BCUT2D eigenvalue weighted by Crippen LogP contribution is 2.28. The quantitative estimate of drug-likeness (QED) is 0.866. The van der Waals surface area contributed by atoms with E-state index in [2.05, 4.69) is 5.32 Å². The van der Waals surface area contributed by atoms with Crippen LogP contribution in [0.4, 0.5) is 4.39 Å². The van der Waals surface area contributed by atoms with Gasteiger partial charge < -0.3 is 10.1 Å². The molecule has 0 saturated carbocycles. The normalized spacial score (nSPS) is 20.3. The summed E-state index contributed by atoms with van der Waals surface area (Å²) in [6.07, 6.45) is 5.77. The van der Waals surface area contributed by atoms with Crippen LogP contribution in [0.1, 0.15) is 24.8 Å². The van der Waals surface area contributed by atoms with Crippen molar-refractivity contribution in [3.05, 3.63) is 35.7 Å². The van der Waals surface area contributed by atoms with Crippen molar-refractivity contribution in [1.29, 1.82) is 0 Å². The van der Waals surface area contributed by atoms with Crippen molar-refractivity contribution in [2.75, 3.05) is 39.0 Å². The Bertz CT molecular complexity index is 743. The highest BCUT2D eigenvalue weighted by molar-refractivity contribution is 7.88. The third kappa shape index (κ3) is 4.80.